The molecule has 2 N–H and O–H groups in total. The molecule has 1 unspecified atom stereocenters. The van der Waals surface area contributed by atoms with Gasteiger partial charge >= 0.3 is 0 Å². The van der Waals surface area contributed by atoms with E-state index < -0.39 is 0 Å². The molecule has 1 aromatic heterocycles. The number of hydrogen-bond acceptors (Lipinski definition) is 2. The first kappa shape index (κ1) is 11.2. The predicted octanol–water partition coefficient (Wildman–Crippen LogP) is 2.57. The Morgan fingerprint density at radius 1 is 1.44 bits per heavy atom. The number of imidazole rings is 1. The number of nitrogens with one attached hydrogen (secondary N) is 2. The van der Waals surface area contributed by atoms with Crippen LogP contribution >= 0.6 is 11.6 Å². The van der Waals surface area contributed by atoms with Gasteiger partial charge in [-0.05, 0) is 25.1 Å². The molecule has 2 aromatic rings. The van der Waals surface area contributed by atoms with Gasteiger partial charge in [-0.15, -0.1) is 0 Å². The lowest BCUT2D eigenvalue weighted by Gasteiger charge is -2.14. The third kappa shape index (κ3) is 2.43. The first-order chi connectivity index (χ1) is 7.81. The van der Waals surface area contributed by atoms with Gasteiger partial charge in [0.05, 0.1) is 6.04 Å². The molecule has 1 aromatic carbocycles. The Kier molecular flexibility index (Phi) is 3.59. The van der Waals surface area contributed by atoms with Crippen LogP contribution in [0.3, 0.4) is 0 Å². The van der Waals surface area contributed by atoms with Crippen LogP contribution in [0.2, 0.25) is 5.02 Å². The average Bonchev–Trinajstić information content (AvgIpc) is 2.81. The molecule has 0 aliphatic carbocycles. The van der Waals surface area contributed by atoms with Crippen LogP contribution in [0.4, 0.5) is 0 Å². The van der Waals surface area contributed by atoms with Crippen LogP contribution in [-0.4, -0.2) is 17.0 Å². The van der Waals surface area contributed by atoms with Crippen molar-refractivity contribution in [2.24, 2.45) is 0 Å². The minimum Gasteiger partial charge on any atom is -0.347 e. The maximum absolute atomic E-state index is 6.13. The second-order valence-corrected chi connectivity index (χ2v) is 4.02. The van der Waals surface area contributed by atoms with Gasteiger partial charge in [0.1, 0.15) is 5.82 Å². The van der Waals surface area contributed by atoms with Crippen molar-refractivity contribution >= 4 is 11.6 Å². The molecule has 0 bridgehead atoms. The van der Waals surface area contributed by atoms with E-state index in [1.54, 1.807) is 6.20 Å². The first-order valence-corrected chi connectivity index (χ1v) is 5.59. The number of halogens is 1. The molecule has 3 nitrogen and oxygen atoms in total. The number of likely N-dealkylation sites (N-methyl/N-ethyl adjacent to an activating group) is 1. The van der Waals surface area contributed by atoms with Gasteiger partial charge in [0.2, 0.25) is 0 Å². The van der Waals surface area contributed by atoms with Crippen molar-refractivity contribution < 1.29 is 0 Å². The van der Waals surface area contributed by atoms with Crippen molar-refractivity contribution in [2.75, 3.05) is 7.05 Å². The minimum absolute atomic E-state index is 0.162. The Morgan fingerprint density at radius 2 is 2.25 bits per heavy atom. The van der Waals surface area contributed by atoms with Crippen molar-refractivity contribution in [3.63, 3.8) is 0 Å². The number of nitrogens with zero attached hydrogens (tertiary/aromatic N) is 1. The van der Waals surface area contributed by atoms with Crippen LogP contribution in [0.1, 0.15) is 17.4 Å². The summed E-state index contributed by atoms with van der Waals surface area (Å²) in [5.74, 6) is 0.933. The van der Waals surface area contributed by atoms with Crippen LogP contribution in [0.5, 0.6) is 0 Å². The van der Waals surface area contributed by atoms with Crippen molar-refractivity contribution in [3.05, 3.63) is 53.1 Å². The molecule has 1 atom stereocenters. The summed E-state index contributed by atoms with van der Waals surface area (Å²) in [7, 11) is 1.92. The van der Waals surface area contributed by atoms with E-state index in [1.165, 1.54) is 0 Å². The molecule has 0 aliphatic heterocycles. The SMILES string of the molecule is CNC(Cc1ccccc1Cl)c1ncc[nH]1. The number of aromatic amines is 1. The summed E-state index contributed by atoms with van der Waals surface area (Å²) in [5, 5.41) is 4.03. The fourth-order valence-corrected chi connectivity index (χ4v) is 1.90. The summed E-state index contributed by atoms with van der Waals surface area (Å²) >= 11 is 6.13. The minimum atomic E-state index is 0.162. The van der Waals surface area contributed by atoms with Gasteiger partial charge in [0, 0.05) is 17.4 Å². The lowest BCUT2D eigenvalue weighted by Crippen LogP contribution is -2.20. The lowest BCUT2D eigenvalue weighted by molar-refractivity contribution is 0.563. The van der Waals surface area contributed by atoms with Crippen molar-refractivity contribution in [1.29, 1.82) is 0 Å². The van der Waals surface area contributed by atoms with Crippen LogP contribution in [0, 0.1) is 0 Å². The summed E-state index contributed by atoms with van der Waals surface area (Å²) in [6.45, 7) is 0. The largest absolute Gasteiger partial charge is 0.347 e. The molecular formula is C12H14ClN3. The van der Waals surface area contributed by atoms with Gasteiger partial charge in [0.25, 0.3) is 0 Å². The smallest absolute Gasteiger partial charge is 0.123 e. The Labute approximate surface area is 99.9 Å². The third-order valence-electron chi connectivity index (χ3n) is 2.58. The summed E-state index contributed by atoms with van der Waals surface area (Å²) in [6.07, 6.45) is 4.40. The zero-order valence-electron chi connectivity index (χ0n) is 9.07. The van der Waals surface area contributed by atoms with E-state index in [0.717, 1.165) is 22.8 Å². The van der Waals surface area contributed by atoms with Crippen molar-refractivity contribution in [2.45, 2.75) is 12.5 Å². The normalized spacial score (nSPS) is 12.6. The number of hydrogen-bond donors (Lipinski definition) is 2. The van der Waals surface area contributed by atoms with Gasteiger partial charge < -0.3 is 10.3 Å². The summed E-state index contributed by atoms with van der Waals surface area (Å²) in [4.78, 5) is 7.36. The molecule has 2 rings (SSSR count). The van der Waals surface area contributed by atoms with E-state index in [1.807, 2.05) is 37.5 Å². The quantitative estimate of drug-likeness (QED) is 0.855. The highest BCUT2D eigenvalue weighted by molar-refractivity contribution is 6.31. The van der Waals surface area contributed by atoms with E-state index >= 15 is 0 Å². The molecule has 0 saturated carbocycles. The number of benzene rings is 1. The Hall–Kier alpha value is -1.32. The van der Waals surface area contributed by atoms with Crippen LogP contribution in [-0.2, 0) is 6.42 Å². The number of H-pyrrole nitrogens is 1. The second-order valence-electron chi connectivity index (χ2n) is 3.61. The van der Waals surface area contributed by atoms with Gasteiger partial charge in [-0.25, -0.2) is 4.98 Å². The standard InChI is InChI=1S/C12H14ClN3/c1-14-11(12-15-6-7-16-12)8-9-4-2-3-5-10(9)13/h2-7,11,14H,8H2,1H3,(H,15,16). The average molecular weight is 236 g/mol. The Morgan fingerprint density at radius 3 is 2.88 bits per heavy atom. The van der Waals surface area contributed by atoms with E-state index in [-0.39, 0.29) is 6.04 Å². The van der Waals surface area contributed by atoms with Crippen LogP contribution in [0.15, 0.2) is 36.7 Å². The maximum Gasteiger partial charge on any atom is 0.123 e. The van der Waals surface area contributed by atoms with Gasteiger partial charge in [-0.3, -0.25) is 0 Å². The zero-order valence-corrected chi connectivity index (χ0v) is 9.83. The molecule has 16 heavy (non-hydrogen) atoms. The highest BCUT2D eigenvalue weighted by atomic mass is 35.5. The van der Waals surface area contributed by atoms with E-state index in [2.05, 4.69) is 15.3 Å². The molecule has 0 aliphatic rings. The highest BCUT2D eigenvalue weighted by Crippen LogP contribution is 2.21. The van der Waals surface area contributed by atoms with Crippen molar-refractivity contribution in [1.82, 2.24) is 15.3 Å². The fraction of sp³-hybridized carbons (Fsp3) is 0.250. The van der Waals surface area contributed by atoms with E-state index in [0.29, 0.717) is 0 Å². The third-order valence-corrected chi connectivity index (χ3v) is 2.95. The molecular weight excluding hydrogens is 222 g/mol. The molecule has 1 heterocycles. The number of aromatic nitrogens is 2. The monoisotopic (exact) mass is 235 g/mol. The summed E-state index contributed by atoms with van der Waals surface area (Å²) < 4.78 is 0. The molecule has 0 spiro atoms. The number of rotatable bonds is 4. The van der Waals surface area contributed by atoms with Gasteiger partial charge in [0.15, 0.2) is 0 Å². The topological polar surface area (TPSA) is 40.7 Å². The van der Waals surface area contributed by atoms with E-state index in [4.69, 9.17) is 11.6 Å². The summed E-state index contributed by atoms with van der Waals surface area (Å²) in [6, 6.07) is 8.04. The van der Waals surface area contributed by atoms with Gasteiger partial charge in [-0.2, -0.15) is 0 Å². The van der Waals surface area contributed by atoms with Gasteiger partial charge in [-0.1, -0.05) is 29.8 Å². The molecule has 0 fully saturated rings. The van der Waals surface area contributed by atoms with Crippen LogP contribution in [0.25, 0.3) is 0 Å². The Bertz CT molecular complexity index is 439. The molecule has 4 heteroatoms. The van der Waals surface area contributed by atoms with Crippen LogP contribution < -0.4 is 5.32 Å². The Balaban J connectivity index is 2.17. The zero-order chi connectivity index (χ0) is 11.4. The molecule has 0 amide bonds. The first-order valence-electron chi connectivity index (χ1n) is 5.21. The second kappa shape index (κ2) is 5.14. The van der Waals surface area contributed by atoms with Crippen molar-refractivity contribution in [3.8, 4) is 0 Å². The molecule has 0 radical (unpaired) electrons. The predicted molar refractivity (Wildman–Crippen MR) is 65.5 cm³/mol. The highest BCUT2D eigenvalue weighted by Gasteiger charge is 2.13. The molecule has 84 valence electrons. The lowest BCUT2D eigenvalue weighted by atomic mass is 10.1. The maximum atomic E-state index is 6.13. The summed E-state index contributed by atoms with van der Waals surface area (Å²) in [5.41, 5.74) is 1.12. The van der Waals surface area contributed by atoms with E-state index in [9.17, 15) is 0 Å². The fourth-order valence-electron chi connectivity index (χ4n) is 1.69. The molecule has 0 saturated heterocycles.